The Kier molecular flexibility index (Phi) is 1.18. The van der Waals surface area contributed by atoms with Crippen LogP contribution in [0.5, 0.6) is 0 Å². The van der Waals surface area contributed by atoms with E-state index < -0.39 is 0 Å². The van der Waals surface area contributed by atoms with Gasteiger partial charge in [0.25, 0.3) is 0 Å². The molecule has 0 radical (unpaired) electrons. The molecule has 0 aliphatic heterocycles. The number of fused-ring (bicyclic) bond motifs is 9. The fraction of sp³-hybridized carbons (Fsp3) is 0.833. The standard InChI is InChI=1S/C12H18N2/c13-12(14)5-8-4-9(12)11-7-2-1-6(3-7)10(8)11/h1-2,6-11H,3-5,13-14H2. The quantitative estimate of drug-likeness (QED) is 0.341. The highest BCUT2D eigenvalue weighted by molar-refractivity contribution is 5.23. The van der Waals surface area contributed by atoms with Gasteiger partial charge in [0.05, 0.1) is 5.66 Å². The maximum Gasteiger partial charge on any atom is 0.0671 e. The van der Waals surface area contributed by atoms with Gasteiger partial charge in [-0.15, -0.1) is 0 Å². The number of hydrogen-bond donors (Lipinski definition) is 2. The van der Waals surface area contributed by atoms with E-state index in [0.717, 1.165) is 36.0 Å². The van der Waals surface area contributed by atoms with E-state index in [0.29, 0.717) is 5.92 Å². The van der Waals surface area contributed by atoms with Gasteiger partial charge in [-0.3, -0.25) is 0 Å². The first-order valence-corrected chi connectivity index (χ1v) is 5.93. The summed E-state index contributed by atoms with van der Waals surface area (Å²) in [5.41, 5.74) is 12.1. The van der Waals surface area contributed by atoms with E-state index in [1.807, 2.05) is 0 Å². The van der Waals surface area contributed by atoms with Gasteiger partial charge in [-0.2, -0.15) is 0 Å². The van der Waals surface area contributed by atoms with Gasteiger partial charge in [-0.1, -0.05) is 12.2 Å². The first kappa shape index (κ1) is 7.89. The fourth-order valence-corrected chi connectivity index (χ4v) is 5.17. The number of rotatable bonds is 0. The molecule has 2 heteroatoms. The highest BCUT2D eigenvalue weighted by Gasteiger charge is 2.63. The van der Waals surface area contributed by atoms with Crippen molar-refractivity contribution in [3.8, 4) is 0 Å². The van der Waals surface area contributed by atoms with Crippen molar-refractivity contribution in [1.29, 1.82) is 0 Å². The minimum atomic E-state index is -0.329. The molecule has 0 aromatic carbocycles. The molecular weight excluding hydrogens is 172 g/mol. The van der Waals surface area contributed by atoms with E-state index in [1.165, 1.54) is 12.8 Å². The zero-order valence-electron chi connectivity index (χ0n) is 8.39. The molecule has 4 N–H and O–H groups in total. The SMILES string of the molecule is NC1(N)CC2CC1C1C3C=CC(C3)C21. The molecule has 4 aliphatic carbocycles. The lowest BCUT2D eigenvalue weighted by molar-refractivity contribution is 0.128. The van der Waals surface area contributed by atoms with E-state index in [9.17, 15) is 0 Å². The summed E-state index contributed by atoms with van der Waals surface area (Å²) in [5, 5.41) is 0. The predicted molar refractivity (Wildman–Crippen MR) is 55.0 cm³/mol. The van der Waals surface area contributed by atoms with Gasteiger partial charge in [-0.25, -0.2) is 0 Å². The molecule has 0 heterocycles. The molecule has 0 saturated heterocycles. The van der Waals surface area contributed by atoms with Crippen LogP contribution >= 0.6 is 0 Å². The Morgan fingerprint density at radius 2 is 1.71 bits per heavy atom. The van der Waals surface area contributed by atoms with Crippen molar-refractivity contribution in [2.24, 2.45) is 47.0 Å². The number of hydrogen-bond acceptors (Lipinski definition) is 2. The Morgan fingerprint density at radius 1 is 1.00 bits per heavy atom. The van der Waals surface area contributed by atoms with Crippen LogP contribution in [-0.2, 0) is 0 Å². The van der Waals surface area contributed by atoms with Gasteiger partial charge in [0, 0.05) is 0 Å². The summed E-state index contributed by atoms with van der Waals surface area (Å²) in [6, 6.07) is 0. The lowest BCUT2D eigenvalue weighted by Crippen LogP contribution is -2.57. The second-order valence-corrected chi connectivity index (χ2v) is 6.02. The summed E-state index contributed by atoms with van der Waals surface area (Å²) in [6.07, 6.45) is 8.69. The molecule has 4 rings (SSSR count). The lowest BCUT2D eigenvalue weighted by atomic mass is 9.70. The van der Waals surface area contributed by atoms with Crippen molar-refractivity contribution in [2.75, 3.05) is 0 Å². The minimum Gasteiger partial charge on any atom is -0.313 e. The third-order valence-corrected chi connectivity index (χ3v) is 5.45. The molecule has 0 aromatic rings. The van der Waals surface area contributed by atoms with Crippen molar-refractivity contribution in [1.82, 2.24) is 0 Å². The number of nitrogens with two attached hydrogens (primary N) is 2. The van der Waals surface area contributed by atoms with E-state index in [-0.39, 0.29) is 5.66 Å². The van der Waals surface area contributed by atoms with E-state index in [1.54, 1.807) is 0 Å². The maximum atomic E-state index is 6.20. The molecule has 3 fully saturated rings. The van der Waals surface area contributed by atoms with Crippen LogP contribution in [-0.4, -0.2) is 5.66 Å². The molecule has 76 valence electrons. The number of allylic oxidation sites excluding steroid dienone is 2. The topological polar surface area (TPSA) is 52.0 Å². The molecule has 2 nitrogen and oxygen atoms in total. The Morgan fingerprint density at radius 3 is 2.50 bits per heavy atom. The van der Waals surface area contributed by atoms with Gasteiger partial charge in [0.1, 0.15) is 0 Å². The average Bonchev–Trinajstić information content (AvgIpc) is 2.73. The smallest absolute Gasteiger partial charge is 0.0671 e. The summed E-state index contributed by atoms with van der Waals surface area (Å²) in [7, 11) is 0. The second-order valence-electron chi connectivity index (χ2n) is 6.02. The van der Waals surface area contributed by atoms with E-state index in [2.05, 4.69) is 12.2 Å². The first-order valence-electron chi connectivity index (χ1n) is 5.93. The molecular formula is C12H18N2. The van der Waals surface area contributed by atoms with Crippen LogP contribution < -0.4 is 11.5 Å². The third-order valence-electron chi connectivity index (χ3n) is 5.45. The maximum absolute atomic E-state index is 6.20. The van der Waals surface area contributed by atoms with Gasteiger partial charge in [-0.05, 0) is 54.8 Å². The van der Waals surface area contributed by atoms with Crippen molar-refractivity contribution in [3.63, 3.8) is 0 Å². The van der Waals surface area contributed by atoms with E-state index >= 15 is 0 Å². The Bertz CT molecular complexity index is 320. The Hall–Kier alpha value is -0.340. The Balaban J connectivity index is 1.79. The van der Waals surface area contributed by atoms with Gasteiger partial charge in [0.15, 0.2) is 0 Å². The summed E-state index contributed by atoms with van der Waals surface area (Å²) < 4.78 is 0. The molecule has 3 saturated carbocycles. The van der Waals surface area contributed by atoms with Crippen LogP contribution in [0.25, 0.3) is 0 Å². The predicted octanol–water partition coefficient (Wildman–Crippen LogP) is 1.08. The Labute approximate surface area is 84.7 Å². The monoisotopic (exact) mass is 190 g/mol. The molecule has 14 heavy (non-hydrogen) atoms. The lowest BCUT2D eigenvalue weighted by Gasteiger charge is -2.40. The van der Waals surface area contributed by atoms with Crippen LogP contribution in [0.2, 0.25) is 0 Å². The zero-order chi connectivity index (χ0) is 9.50. The highest BCUT2D eigenvalue weighted by atomic mass is 15.0. The third kappa shape index (κ3) is 0.695. The molecule has 0 spiro atoms. The largest absolute Gasteiger partial charge is 0.313 e. The molecule has 6 unspecified atom stereocenters. The highest BCUT2D eigenvalue weighted by Crippen LogP contribution is 2.66. The van der Waals surface area contributed by atoms with Crippen LogP contribution in [0.15, 0.2) is 12.2 Å². The summed E-state index contributed by atoms with van der Waals surface area (Å²) in [4.78, 5) is 0. The van der Waals surface area contributed by atoms with Crippen molar-refractivity contribution >= 4 is 0 Å². The molecule has 4 bridgehead atoms. The summed E-state index contributed by atoms with van der Waals surface area (Å²) >= 11 is 0. The van der Waals surface area contributed by atoms with Crippen LogP contribution in [0.1, 0.15) is 19.3 Å². The van der Waals surface area contributed by atoms with Gasteiger partial charge in [0.2, 0.25) is 0 Å². The van der Waals surface area contributed by atoms with Crippen molar-refractivity contribution < 1.29 is 0 Å². The van der Waals surface area contributed by atoms with Gasteiger partial charge >= 0.3 is 0 Å². The second kappa shape index (κ2) is 2.10. The van der Waals surface area contributed by atoms with Crippen molar-refractivity contribution in [2.45, 2.75) is 24.9 Å². The summed E-state index contributed by atoms with van der Waals surface area (Å²) in [6.45, 7) is 0. The zero-order valence-corrected chi connectivity index (χ0v) is 8.39. The van der Waals surface area contributed by atoms with Crippen molar-refractivity contribution in [3.05, 3.63) is 12.2 Å². The van der Waals surface area contributed by atoms with Gasteiger partial charge < -0.3 is 11.5 Å². The van der Waals surface area contributed by atoms with Crippen LogP contribution in [0, 0.1) is 35.5 Å². The minimum absolute atomic E-state index is 0.329. The van der Waals surface area contributed by atoms with Crippen LogP contribution in [0.3, 0.4) is 0 Å². The molecule has 4 aliphatic rings. The van der Waals surface area contributed by atoms with E-state index in [4.69, 9.17) is 11.5 Å². The normalized spacial score (nSPS) is 61.0. The fourth-order valence-electron chi connectivity index (χ4n) is 5.17. The summed E-state index contributed by atoms with van der Waals surface area (Å²) in [5.74, 6) is 4.98. The molecule has 6 atom stereocenters. The average molecular weight is 190 g/mol. The first-order chi connectivity index (χ1) is 6.67. The molecule has 0 amide bonds. The van der Waals surface area contributed by atoms with Crippen LogP contribution in [0.4, 0.5) is 0 Å². The molecule has 0 aromatic heterocycles.